The minimum Gasteiger partial charge on any atom is -0.370 e. The van der Waals surface area contributed by atoms with Crippen molar-refractivity contribution in [2.75, 3.05) is 17.2 Å². The number of nitrogens with zero attached hydrogens (tertiary/aromatic N) is 2. The van der Waals surface area contributed by atoms with Gasteiger partial charge in [0.2, 0.25) is 0 Å². The van der Waals surface area contributed by atoms with Crippen LogP contribution in [0.2, 0.25) is 0 Å². The molecule has 2 aliphatic carbocycles. The maximum absolute atomic E-state index is 4.71. The van der Waals surface area contributed by atoms with E-state index in [1.807, 2.05) is 0 Å². The molecule has 0 unspecified atom stereocenters. The molecule has 0 aliphatic heterocycles. The SMILES string of the molecule is CCNc1cc(NC(C2CC2)C2CC2)nc(C(C)C)n1. The van der Waals surface area contributed by atoms with Crippen LogP contribution in [0, 0.1) is 11.8 Å². The molecule has 1 aromatic heterocycles. The van der Waals surface area contributed by atoms with Gasteiger partial charge in [-0.3, -0.25) is 0 Å². The van der Waals surface area contributed by atoms with Crippen LogP contribution in [-0.4, -0.2) is 22.6 Å². The van der Waals surface area contributed by atoms with Gasteiger partial charge in [0.25, 0.3) is 0 Å². The Kier molecular flexibility index (Phi) is 3.81. The average molecular weight is 274 g/mol. The summed E-state index contributed by atoms with van der Waals surface area (Å²) in [6.45, 7) is 7.28. The standard InChI is InChI=1S/C16H26N4/c1-4-17-13-9-14(20-16(19-13)10(2)3)18-15(11-5-6-11)12-7-8-12/h9-12,15H,4-8H2,1-3H3,(H2,17,18,19,20). The summed E-state index contributed by atoms with van der Waals surface area (Å²) in [6.07, 6.45) is 5.54. The Balaban J connectivity index is 1.79. The van der Waals surface area contributed by atoms with Crippen molar-refractivity contribution in [2.45, 2.75) is 58.4 Å². The van der Waals surface area contributed by atoms with Gasteiger partial charge in [-0.05, 0) is 44.4 Å². The van der Waals surface area contributed by atoms with E-state index in [2.05, 4.69) is 42.5 Å². The summed E-state index contributed by atoms with van der Waals surface area (Å²) >= 11 is 0. The van der Waals surface area contributed by atoms with Gasteiger partial charge in [0.05, 0.1) is 0 Å². The molecule has 1 heterocycles. The van der Waals surface area contributed by atoms with Crippen LogP contribution >= 0.6 is 0 Å². The number of aromatic nitrogens is 2. The molecule has 4 nitrogen and oxygen atoms in total. The molecule has 0 bridgehead atoms. The second-order valence-electron chi connectivity index (χ2n) is 6.53. The van der Waals surface area contributed by atoms with Gasteiger partial charge < -0.3 is 10.6 Å². The minimum absolute atomic E-state index is 0.356. The lowest BCUT2D eigenvalue weighted by Crippen LogP contribution is -2.25. The molecular weight excluding hydrogens is 248 g/mol. The molecule has 1 aromatic rings. The van der Waals surface area contributed by atoms with E-state index >= 15 is 0 Å². The Bertz CT molecular complexity index is 452. The Morgan fingerprint density at radius 3 is 2.20 bits per heavy atom. The van der Waals surface area contributed by atoms with E-state index in [0.29, 0.717) is 12.0 Å². The molecule has 0 saturated heterocycles. The maximum atomic E-state index is 4.71. The zero-order chi connectivity index (χ0) is 14.1. The molecule has 2 aliphatic rings. The summed E-state index contributed by atoms with van der Waals surface area (Å²) in [5.74, 6) is 4.98. The third-order valence-corrected chi connectivity index (χ3v) is 4.19. The van der Waals surface area contributed by atoms with Crippen molar-refractivity contribution in [1.82, 2.24) is 9.97 Å². The van der Waals surface area contributed by atoms with E-state index in [1.54, 1.807) is 0 Å². The summed E-state index contributed by atoms with van der Waals surface area (Å²) in [4.78, 5) is 9.30. The lowest BCUT2D eigenvalue weighted by molar-refractivity contribution is 0.564. The van der Waals surface area contributed by atoms with Gasteiger partial charge in [0.15, 0.2) is 0 Å². The van der Waals surface area contributed by atoms with Gasteiger partial charge in [-0.15, -0.1) is 0 Å². The van der Waals surface area contributed by atoms with E-state index in [-0.39, 0.29) is 0 Å². The summed E-state index contributed by atoms with van der Waals surface area (Å²) in [5.41, 5.74) is 0. The monoisotopic (exact) mass is 274 g/mol. The second-order valence-corrected chi connectivity index (χ2v) is 6.53. The van der Waals surface area contributed by atoms with Crippen molar-refractivity contribution in [2.24, 2.45) is 11.8 Å². The van der Waals surface area contributed by atoms with E-state index in [1.165, 1.54) is 25.7 Å². The largest absolute Gasteiger partial charge is 0.370 e. The first-order valence-electron chi connectivity index (χ1n) is 8.06. The Morgan fingerprint density at radius 1 is 1.10 bits per heavy atom. The van der Waals surface area contributed by atoms with Gasteiger partial charge >= 0.3 is 0 Å². The predicted molar refractivity (Wildman–Crippen MR) is 83.1 cm³/mol. The number of anilines is 2. The highest BCUT2D eigenvalue weighted by Gasteiger charge is 2.41. The van der Waals surface area contributed by atoms with Crippen LogP contribution in [0.15, 0.2) is 6.07 Å². The Labute approximate surface area is 121 Å². The zero-order valence-electron chi connectivity index (χ0n) is 12.8. The van der Waals surface area contributed by atoms with Crippen molar-refractivity contribution in [3.05, 3.63) is 11.9 Å². The Hall–Kier alpha value is -1.32. The molecule has 0 aromatic carbocycles. The average Bonchev–Trinajstić information content (AvgIpc) is 3.28. The summed E-state index contributed by atoms with van der Waals surface area (Å²) in [5, 5.41) is 7.02. The summed E-state index contributed by atoms with van der Waals surface area (Å²) in [6, 6.07) is 2.70. The van der Waals surface area contributed by atoms with Crippen LogP contribution in [0.25, 0.3) is 0 Å². The topological polar surface area (TPSA) is 49.8 Å². The fourth-order valence-corrected chi connectivity index (χ4v) is 2.77. The smallest absolute Gasteiger partial charge is 0.135 e. The Morgan fingerprint density at radius 2 is 1.70 bits per heavy atom. The van der Waals surface area contributed by atoms with Crippen LogP contribution in [0.1, 0.15) is 58.2 Å². The van der Waals surface area contributed by atoms with Crippen molar-refractivity contribution < 1.29 is 0 Å². The highest BCUT2D eigenvalue weighted by atomic mass is 15.1. The van der Waals surface area contributed by atoms with Crippen LogP contribution in [0.3, 0.4) is 0 Å². The van der Waals surface area contributed by atoms with Crippen LogP contribution in [-0.2, 0) is 0 Å². The molecule has 2 N–H and O–H groups in total. The molecule has 0 atom stereocenters. The van der Waals surface area contributed by atoms with Gasteiger partial charge in [-0.25, -0.2) is 9.97 Å². The first-order valence-corrected chi connectivity index (χ1v) is 8.06. The first-order chi connectivity index (χ1) is 9.67. The van der Waals surface area contributed by atoms with Crippen LogP contribution in [0.5, 0.6) is 0 Å². The minimum atomic E-state index is 0.356. The molecule has 3 rings (SSSR count). The molecule has 0 spiro atoms. The van der Waals surface area contributed by atoms with Crippen molar-refractivity contribution >= 4 is 11.6 Å². The van der Waals surface area contributed by atoms with Crippen molar-refractivity contribution in [3.8, 4) is 0 Å². The summed E-state index contributed by atoms with van der Waals surface area (Å²) in [7, 11) is 0. The number of hydrogen-bond donors (Lipinski definition) is 2. The molecule has 0 radical (unpaired) electrons. The number of nitrogens with one attached hydrogen (secondary N) is 2. The van der Waals surface area contributed by atoms with Gasteiger partial charge in [-0.1, -0.05) is 13.8 Å². The number of hydrogen-bond acceptors (Lipinski definition) is 4. The fourth-order valence-electron chi connectivity index (χ4n) is 2.77. The van der Waals surface area contributed by atoms with E-state index in [0.717, 1.165) is 35.8 Å². The molecule has 2 saturated carbocycles. The summed E-state index contributed by atoms with van der Waals surface area (Å²) < 4.78 is 0. The van der Waals surface area contributed by atoms with Crippen LogP contribution in [0.4, 0.5) is 11.6 Å². The van der Waals surface area contributed by atoms with Gasteiger partial charge in [0, 0.05) is 24.6 Å². The van der Waals surface area contributed by atoms with Crippen molar-refractivity contribution in [1.29, 1.82) is 0 Å². The normalized spacial score (nSPS) is 18.6. The van der Waals surface area contributed by atoms with Crippen LogP contribution < -0.4 is 10.6 Å². The maximum Gasteiger partial charge on any atom is 0.135 e. The molecule has 0 amide bonds. The zero-order valence-corrected chi connectivity index (χ0v) is 12.8. The lowest BCUT2D eigenvalue weighted by Gasteiger charge is -2.20. The number of rotatable bonds is 7. The third-order valence-electron chi connectivity index (χ3n) is 4.19. The molecule has 2 fully saturated rings. The highest BCUT2D eigenvalue weighted by molar-refractivity contribution is 5.48. The van der Waals surface area contributed by atoms with Gasteiger partial charge in [0.1, 0.15) is 17.5 Å². The van der Waals surface area contributed by atoms with E-state index < -0.39 is 0 Å². The van der Waals surface area contributed by atoms with E-state index in [9.17, 15) is 0 Å². The lowest BCUT2D eigenvalue weighted by atomic mass is 10.1. The molecule has 4 heteroatoms. The van der Waals surface area contributed by atoms with Crippen molar-refractivity contribution in [3.63, 3.8) is 0 Å². The molecule has 20 heavy (non-hydrogen) atoms. The highest BCUT2D eigenvalue weighted by Crippen LogP contribution is 2.45. The molecule has 110 valence electrons. The molecular formula is C16H26N4. The van der Waals surface area contributed by atoms with Gasteiger partial charge in [-0.2, -0.15) is 0 Å². The quantitative estimate of drug-likeness (QED) is 0.797. The first kappa shape index (κ1) is 13.7. The predicted octanol–water partition coefficient (Wildman–Crippen LogP) is 3.63. The van der Waals surface area contributed by atoms with E-state index in [4.69, 9.17) is 4.98 Å². The fraction of sp³-hybridized carbons (Fsp3) is 0.750. The second kappa shape index (κ2) is 5.58. The third kappa shape index (κ3) is 3.22.